The molecule has 4 nitrogen and oxygen atoms in total. The second kappa shape index (κ2) is 4.07. The van der Waals surface area contributed by atoms with E-state index in [2.05, 4.69) is 17.6 Å². The summed E-state index contributed by atoms with van der Waals surface area (Å²) in [4.78, 5) is 4.82. The molecule has 1 unspecified atom stereocenters. The molecule has 0 spiro atoms. The SMILES string of the molecule is CC1(c2nc3cc(C#N)ccc3n2C2CC2)CCCO1. The second-order valence-electron chi connectivity index (χ2n) is 6.03. The van der Waals surface area contributed by atoms with Gasteiger partial charge >= 0.3 is 0 Å². The standard InChI is InChI=1S/C16H17N3O/c1-16(7-2-8-20-16)15-18-13-9-11(10-17)3-6-14(13)19(15)12-4-5-12/h3,6,9,12H,2,4-5,7-8H2,1H3. The maximum absolute atomic E-state index is 9.05. The van der Waals surface area contributed by atoms with E-state index in [1.54, 1.807) is 0 Å². The van der Waals surface area contributed by atoms with Crippen LogP contribution in [0.25, 0.3) is 11.0 Å². The van der Waals surface area contributed by atoms with E-state index in [-0.39, 0.29) is 5.60 Å². The average Bonchev–Trinajstić information content (AvgIpc) is 3.08. The number of ether oxygens (including phenoxy) is 1. The van der Waals surface area contributed by atoms with E-state index in [0.717, 1.165) is 36.3 Å². The summed E-state index contributed by atoms with van der Waals surface area (Å²) < 4.78 is 8.33. The molecule has 2 aromatic rings. The summed E-state index contributed by atoms with van der Waals surface area (Å²) in [6.45, 7) is 2.96. The number of fused-ring (bicyclic) bond motifs is 1. The third-order valence-corrected chi connectivity index (χ3v) is 4.42. The van der Waals surface area contributed by atoms with E-state index >= 15 is 0 Å². The van der Waals surface area contributed by atoms with Crippen molar-refractivity contribution in [1.29, 1.82) is 5.26 Å². The van der Waals surface area contributed by atoms with Gasteiger partial charge in [0.1, 0.15) is 11.4 Å². The van der Waals surface area contributed by atoms with Gasteiger partial charge in [0.15, 0.2) is 0 Å². The molecule has 20 heavy (non-hydrogen) atoms. The van der Waals surface area contributed by atoms with Gasteiger partial charge in [-0.2, -0.15) is 5.26 Å². The molecule has 1 saturated heterocycles. The summed E-state index contributed by atoms with van der Waals surface area (Å²) in [7, 11) is 0. The van der Waals surface area contributed by atoms with Crippen LogP contribution in [0.3, 0.4) is 0 Å². The summed E-state index contributed by atoms with van der Waals surface area (Å²) in [6.07, 6.45) is 4.55. The first-order valence-electron chi connectivity index (χ1n) is 7.28. The summed E-state index contributed by atoms with van der Waals surface area (Å²) in [6, 6.07) is 8.54. The highest BCUT2D eigenvalue weighted by Crippen LogP contribution is 2.44. The van der Waals surface area contributed by atoms with Gasteiger partial charge in [0, 0.05) is 12.6 Å². The van der Waals surface area contributed by atoms with Crippen molar-refractivity contribution in [2.75, 3.05) is 6.61 Å². The number of nitriles is 1. The fourth-order valence-electron chi connectivity index (χ4n) is 3.20. The molecule has 4 rings (SSSR count). The molecule has 102 valence electrons. The first-order chi connectivity index (χ1) is 9.71. The summed E-state index contributed by atoms with van der Waals surface area (Å²) in [5.41, 5.74) is 2.46. The fourth-order valence-corrected chi connectivity index (χ4v) is 3.20. The number of nitrogens with zero attached hydrogens (tertiary/aromatic N) is 3. The van der Waals surface area contributed by atoms with Gasteiger partial charge in [-0.3, -0.25) is 0 Å². The zero-order chi connectivity index (χ0) is 13.7. The Kier molecular flexibility index (Phi) is 2.42. The number of imidazole rings is 1. The van der Waals surface area contributed by atoms with Crippen LogP contribution in [-0.4, -0.2) is 16.2 Å². The summed E-state index contributed by atoms with van der Waals surface area (Å²) >= 11 is 0. The van der Waals surface area contributed by atoms with Gasteiger partial charge in [-0.25, -0.2) is 4.98 Å². The zero-order valence-electron chi connectivity index (χ0n) is 11.6. The number of benzene rings is 1. The van der Waals surface area contributed by atoms with Crippen molar-refractivity contribution in [3.8, 4) is 6.07 Å². The van der Waals surface area contributed by atoms with Crippen LogP contribution in [0.2, 0.25) is 0 Å². The van der Waals surface area contributed by atoms with Gasteiger partial charge in [-0.1, -0.05) is 0 Å². The Labute approximate surface area is 118 Å². The second-order valence-corrected chi connectivity index (χ2v) is 6.03. The maximum atomic E-state index is 9.05. The van der Waals surface area contributed by atoms with Gasteiger partial charge in [-0.05, 0) is 50.8 Å². The van der Waals surface area contributed by atoms with Crippen molar-refractivity contribution in [1.82, 2.24) is 9.55 Å². The Morgan fingerprint density at radius 3 is 2.95 bits per heavy atom. The fraction of sp³-hybridized carbons (Fsp3) is 0.500. The molecule has 1 saturated carbocycles. The van der Waals surface area contributed by atoms with Crippen molar-refractivity contribution >= 4 is 11.0 Å². The van der Waals surface area contributed by atoms with Gasteiger partial charge in [0.05, 0.1) is 22.7 Å². The van der Waals surface area contributed by atoms with Crippen LogP contribution in [0.5, 0.6) is 0 Å². The average molecular weight is 267 g/mol. The third-order valence-electron chi connectivity index (χ3n) is 4.42. The molecule has 1 aromatic carbocycles. The minimum Gasteiger partial charge on any atom is -0.367 e. The largest absolute Gasteiger partial charge is 0.367 e. The van der Waals surface area contributed by atoms with Gasteiger partial charge in [-0.15, -0.1) is 0 Å². The molecule has 1 aliphatic carbocycles. The molecule has 1 aliphatic heterocycles. The van der Waals surface area contributed by atoms with E-state index in [9.17, 15) is 0 Å². The lowest BCUT2D eigenvalue weighted by atomic mass is 10.0. The zero-order valence-corrected chi connectivity index (χ0v) is 11.6. The van der Waals surface area contributed by atoms with E-state index < -0.39 is 0 Å². The molecule has 1 atom stereocenters. The van der Waals surface area contributed by atoms with E-state index in [1.165, 1.54) is 12.8 Å². The molecule has 0 radical (unpaired) electrons. The van der Waals surface area contributed by atoms with Crippen LogP contribution in [-0.2, 0) is 10.3 Å². The number of rotatable bonds is 2. The molecule has 2 aliphatic rings. The number of hydrogen-bond acceptors (Lipinski definition) is 3. The lowest BCUT2D eigenvalue weighted by molar-refractivity contribution is 0.00685. The van der Waals surface area contributed by atoms with Crippen LogP contribution in [0.15, 0.2) is 18.2 Å². The van der Waals surface area contributed by atoms with E-state index in [4.69, 9.17) is 15.0 Å². The first kappa shape index (κ1) is 11.9. The van der Waals surface area contributed by atoms with Crippen molar-refractivity contribution in [2.24, 2.45) is 0 Å². The first-order valence-corrected chi connectivity index (χ1v) is 7.28. The van der Waals surface area contributed by atoms with Crippen LogP contribution >= 0.6 is 0 Å². The van der Waals surface area contributed by atoms with Gasteiger partial charge < -0.3 is 9.30 Å². The quantitative estimate of drug-likeness (QED) is 0.839. The smallest absolute Gasteiger partial charge is 0.142 e. The van der Waals surface area contributed by atoms with Crippen LogP contribution in [0.1, 0.15) is 50.0 Å². The van der Waals surface area contributed by atoms with E-state index in [1.807, 2.05) is 18.2 Å². The van der Waals surface area contributed by atoms with Crippen molar-refractivity contribution in [3.05, 3.63) is 29.6 Å². The normalized spacial score (nSPS) is 26.0. The van der Waals surface area contributed by atoms with Crippen LogP contribution in [0, 0.1) is 11.3 Å². The van der Waals surface area contributed by atoms with Gasteiger partial charge in [0.2, 0.25) is 0 Å². The predicted octanol–water partition coefficient (Wildman–Crippen LogP) is 3.27. The summed E-state index contributed by atoms with van der Waals surface area (Å²) in [5, 5.41) is 9.05. The van der Waals surface area contributed by atoms with Crippen molar-refractivity contribution < 1.29 is 4.74 Å². The minimum atomic E-state index is -0.269. The molecule has 0 amide bonds. The lowest BCUT2D eigenvalue weighted by Gasteiger charge is -2.23. The highest BCUT2D eigenvalue weighted by molar-refractivity contribution is 5.78. The van der Waals surface area contributed by atoms with E-state index in [0.29, 0.717) is 11.6 Å². The van der Waals surface area contributed by atoms with Crippen LogP contribution in [0.4, 0.5) is 0 Å². The molecule has 0 N–H and O–H groups in total. The maximum Gasteiger partial charge on any atom is 0.142 e. The molecular weight excluding hydrogens is 250 g/mol. The van der Waals surface area contributed by atoms with Crippen molar-refractivity contribution in [2.45, 2.75) is 44.2 Å². The molecule has 0 bridgehead atoms. The molecule has 4 heteroatoms. The lowest BCUT2D eigenvalue weighted by Crippen LogP contribution is -2.25. The Bertz CT molecular complexity index is 715. The number of aromatic nitrogens is 2. The Morgan fingerprint density at radius 1 is 1.45 bits per heavy atom. The molecule has 2 fully saturated rings. The van der Waals surface area contributed by atoms with Gasteiger partial charge in [0.25, 0.3) is 0 Å². The van der Waals surface area contributed by atoms with Crippen LogP contribution < -0.4 is 0 Å². The minimum absolute atomic E-state index is 0.269. The predicted molar refractivity (Wildman–Crippen MR) is 75.3 cm³/mol. The monoisotopic (exact) mass is 267 g/mol. The summed E-state index contributed by atoms with van der Waals surface area (Å²) in [5.74, 6) is 1.04. The number of hydrogen-bond donors (Lipinski definition) is 0. The molecule has 1 aromatic heterocycles. The Hall–Kier alpha value is -1.86. The topological polar surface area (TPSA) is 50.8 Å². The molecular formula is C16H17N3O. The highest BCUT2D eigenvalue weighted by atomic mass is 16.5. The highest BCUT2D eigenvalue weighted by Gasteiger charge is 2.40. The Balaban J connectivity index is 1.95. The third kappa shape index (κ3) is 1.66. The van der Waals surface area contributed by atoms with Crippen molar-refractivity contribution in [3.63, 3.8) is 0 Å². The Morgan fingerprint density at radius 2 is 2.30 bits per heavy atom. The molecule has 2 heterocycles.